The molecule has 3 rings (SSSR count). The Morgan fingerprint density at radius 2 is 1.31 bits per heavy atom. The molecule has 0 amide bonds. The molecule has 130 valence electrons. The fourth-order valence-electron chi connectivity index (χ4n) is 2.96. The molecule has 0 fully saturated rings. The summed E-state index contributed by atoms with van der Waals surface area (Å²) in [7, 11) is 0. The van der Waals surface area contributed by atoms with E-state index in [1.165, 1.54) is 6.08 Å². The maximum Gasteiger partial charge on any atom is 0.164 e. The molecule has 0 radical (unpaired) electrons. The third kappa shape index (κ3) is 3.73. The van der Waals surface area contributed by atoms with E-state index in [0.29, 0.717) is 0 Å². The number of carbonyl (C=O) groups excluding carboxylic acids is 1. The van der Waals surface area contributed by atoms with E-state index in [-0.39, 0.29) is 12.4 Å². The van der Waals surface area contributed by atoms with Crippen LogP contribution < -0.4 is 4.90 Å². The summed E-state index contributed by atoms with van der Waals surface area (Å²) in [4.78, 5) is 14.1. The highest BCUT2D eigenvalue weighted by atomic mass is 16.3. The van der Waals surface area contributed by atoms with Crippen LogP contribution in [0.1, 0.15) is 11.5 Å². The van der Waals surface area contributed by atoms with Gasteiger partial charge in [0.2, 0.25) is 0 Å². The number of hydrogen-bond donors (Lipinski definition) is 1. The van der Waals surface area contributed by atoms with Crippen molar-refractivity contribution < 1.29 is 9.90 Å². The Labute approximate surface area is 153 Å². The molecule has 0 aliphatic rings. The van der Waals surface area contributed by atoms with Crippen molar-refractivity contribution in [2.24, 2.45) is 0 Å². The van der Waals surface area contributed by atoms with Crippen LogP contribution in [0.3, 0.4) is 0 Å². The summed E-state index contributed by atoms with van der Waals surface area (Å²) in [6, 6.07) is 27.9. The third-order valence-electron chi connectivity index (χ3n) is 4.31. The molecule has 0 saturated heterocycles. The highest BCUT2D eigenvalue weighted by molar-refractivity contribution is 5.95. The van der Waals surface area contributed by atoms with E-state index in [4.69, 9.17) is 0 Å². The first-order valence-corrected chi connectivity index (χ1v) is 8.52. The van der Waals surface area contributed by atoms with Crippen LogP contribution in [0.4, 0.5) is 17.1 Å². The Kier molecular flexibility index (Phi) is 5.62. The average molecular weight is 343 g/mol. The molecule has 3 aromatic carbocycles. The number of benzene rings is 3. The zero-order valence-electron chi connectivity index (χ0n) is 14.5. The highest BCUT2D eigenvalue weighted by Gasteiger charge is 2.18. The summed E-state index contributed by atoms with van der Waals surface area (Å²) in [5.41, 5.74) is 3.86. The third-order valence-corrected chi connectivity index (χ3v) is 4.31. The number of para-hydroxylation sites is 2. The van der Waals surface area contributed by atoms with Crippen LogP contribution in [-0.4, -0.2) is 17.5 Å². The summed E-state index contributed by atoms with van der Waals surface area (Å²) < 4.78 is 0. The van der Waals surface area contributed by atoms with Gasteiger partial charge in [-0.15, -0.1) is 0 Å². The molecule has 26 heavy (non-hydrogen) atoms. The lowest BCUT2D eigenvalue weighted by Gasteiger charge is -2.25. The smallest absolute Gasteiger partial charge is 0.164 e. The van der Waals surface area contributed by atoms with Gasteiger partial charge in [0.05, 0.1) is 12.5 Å². The molecule has 3 nitrogen and oxygen atoms in total. The second-order valence-electron chi connectivity index (χ2n) is 5.94. The van der Waals surface area contributed by atoms with Gasteiger partial charge in [-0.25, -0.2) is 0 Å². The highest BCUT2D eigenvalue weighted by Crippen LogP contribution is 2.34. The second-order valence-corrected chi connectivity index (χ2v) is 5.94. The number of carbonyl (C=O) groups is 1. The molecule has 0 heterocycles. The van der Waals surface area contributed by atoms with Crippen molar-refractivity contribution in [1.82, 2.24) is 0 Å². The zero-order valence-corrected chi connectivity index (χ0v) is 14.5. The molecule has 0 saturated carbocycles. The molecular formula is C23H21NO2. The Morgan fingerprint density at radius 3 is 1.73 bits per heavy atom. The minimum atomic E-state index is -0.566. The molecule has 1 N–H and O–H groups in total. The predicted octanol–water partition coefficient (Wildman–Crippen LogP) is 4.99. The van der Waals surface area contributed by atoms with Crippen molar-refractivity contribution in [3.05, 3.63) is 103 Å². The van der Waals surface area contributed by atoms with E-state index in [2.05, 4.69) is 35.7 Å². The van der Waals surface area contributed by atoms with Gasteiger partial charge >= 0.3 is 0 Å². The van der Waals surface area contributed by atoms with Crippen LogP contribution >= 0.6 is 0 Å². The lowest BCUT2D eigenvalue weighted by atomic mass is 9.95. The SMILES string of the molecule is C=CC(=O)C(CO)c1ccc(N(c2ccccc2)c2ccccc2)cc1. The molecule has 3 heteroatoms. The fourth-order valence-corrected chi connectivity index (χ4v) is 2.96. The molecule has 1 atom stereocenters. The van der Waals surface area contributed by atoms with E-state index in [9.17, 15) is 9.90 Å². The van der Waals surface area contributed by atoms with Gasteiger partial charge in [0.15, 0.2) is 5.78 Å². The minimum absolute atomic E-state index is 0.178. The van der Waals surface area contributed by atoms with Gasteiger partial charge in [-0.1, -0.05) is 55.1 Å². The maximum absolute atomic E-state index is 11.9. The number of allylic oxidation sites excluding steroid dienone is 1. The number of nitrogens with zero attached hydrogens (tertiary/aromatic N) is 1. The summed E-state index contributed by atoms with van der Waals surface area (Å²) in [5.74, 6) is -0.744. The number of aliphatic hydroxyl groups is 1. The van der Waals surface area contributed by atoms with Crippen LogP contribution in [0.5, 0.6) is 0 Å². The first kappa shape index (κ1) is 17.6. The van der Waals surface area contributed by atoms with Crippen LogP contribution in [0.15, 0.2) is 97.6 Å². The number of aliphatic hydroxyl groups excluding tert-OH is 1. The van der Waals surface area contributed by atoms with Gasteiger partial charge in [0.1, 0.15) is 0 Å². The predicted molar refractivity (Wildman–Crippen MR) is 106 cm³/mol. The van der Waals surface area contributed by atoms with Crippen molar-refractivity contribution in [2.75, 3.05) is 11.5 Å². The van der Waals surface area contributed by atoms with Gasteiger partial charge in [-0.2, -0.15) is 0 Å². The lowest BCUT2D eigenvalue weighted by molar-refractivity contribution is -0.116. The second kappa shape index (κ2) is 8.28. The lowest BCUT2D eigenvalue weighted by Crippen LogP contribution is -2.14. The van der Waals surface area contributed by atoms with E-state index >= 15 is 0 Å². The van der Waals surface area contributed by atoms with Gasteiger partial charge in [0, 0.05) is 17.1 Å². The first-order chi connectivity index (χ1) is 12.7. The standard InChI is InChI=1S/C23H21NO2/c1-2-23(26)22(17-25)18-13-15-21(16-14-18)24(19-9-5-3-6-10-19)20-11-7-4-8-12-20/h2-16,22,25H,1,17H2. The maximum atomic E-state index is 11.9. The Bertz CT molecular complexity index is 818. The number of ketones is 1. The number of anilines is 3. The van der Waals surface area contributed by atoms with Gasteiger partial charge in [-0.3, -0.25) is 4.79 Å². The van der Waals surface area contributed by atoms with Gasteiger partial charge in [0.25, 0.3) is 0 Å². The average Bonchev–Trinajstić information content (AvgIpc) is 2.71. The molecular weight excluding hydrogens is 322 g/mol. The largest absolute Gasteiger partial charge is 0.395 e. The molecule has 0 aromatic heterocycles. The van der Waals surface area contributed by atoms with Crippen molar-refractivity contribution >= 4 is 22.8 Å². The zero-order chi connectivity index (χ0) is 18.4. The monoisotopic (exact) mass is 343 g/mol. The van der Waals surface area contributed by atoms with Crippen molar-refractivity contribution in [1.29, 1.82) is 0 Å². The fraction of sp³-hybridized carbons (Fsp3) is 0.0870. The Hall–Kier alpha value is -3.17. The van der Waals surface area contributed by atoms with E-state index in [0.717, 1.165) is 22.6 Å². The summed E-state index contributed by atoms with van der Waals surface area (Å²) in [6.07, 6.45) is 1.26. The molecule has 0 spiro atoms. The molecule has 1 unspecified atom stereocenters. The minimum Gasteiger partial charge on any atom is -0.395 e. The van der Waals surface area contributed by atoms with Crippen molar-refractivity contribution in [3.63, 3.8) is 0 Å². The molecule has 0 aliphatic heterocycles. The topological polar surface area (TPSA) is 40.5 Å². The summed E-state index contributed by atoms with van der Waals surface area (Å²) >= 11 is 0. The Balaban J connectivity index is 2.00. The Morgan fingerprint density at radius 1 is 0.846 bits per heavy atom. The molecule has 0 aliphatic carbocycles. The summed E-state index contributed by atoms with van der Waals surface area (Å²) in [5, 5.41) is 9.54. The van der Waals surface area contributed by atoms with Crippen LogP contribution in [0, 0.1) is 0 Å². The first-order valence-electron chi connectivity index (χ1n) is 8.52. The van der Waals surface area contributed by atoms with Crippen LogP contribution in [0.2, 0.25) is 0 Å². The molecule has 0 bridgehead atoms. The van der Waals surface area contributed by atoms with Gasteiger partial charge in [-0.05, 0) is 48.0 Å². The number of hydrogen-bond acceptors (Lipinski definition) is 3. The quantitative estimate of drug-likeness (QED) is 0.615. The van der Waals surface area contributed by atoms with E-state index in [1.54, 1.807) is 0 Å². The number of rotatable bonds is 7. The van der Waals surface area contributed by atoms with Crippen molar-refractivity contribution in [3.8, 4) is 0 Å². The van der Waals surface area contributed by atoms with Crippen LogP contribution in [0.25, 0.3) is 0 Å². The van der Waals surface area contributed by atoms with E-state index in [1.807, 2.05) is 60.7 Å². The van der Waals surface area contributed by atoms with Crippen molar-refractivity contribution in [2.45, 2.75) is 5.92 Å². The van der Waals surface area contributed by atoms with E-state index < -0.39 is 5.92 Å². The van der Waals surface area contributed by atoms with Gasteiger partial charge < -0.3 is 10.0 Å². The van der Waals surface area contributed by atoms with Crippen LogP contribution in [-0.2, 0) is 4.79 Å². The normalized spacial score (nSPS) is 11.6. The summed E-state index contributed by atoms with van der Waals surface area (Å²) in [6.45, 7) is 3.28. The molecule has 3 aromatic rings.